The topological polar surface area (TPSA) is 86.7 Å². The maximum atomic E-state index is 12.8. The Bertz CT molecular complexity index is 618. The van der Waals surface area contributed by atoms with Crippen LogP contribution in [0.3, 0.4) is 0 Å². The van der Waals surface area contributed by atoms with Crippen molar-refractivity contribution in [3.8, 4) is 0 Å². The lowest BCUT2D eigenvalue weighted by Gasteiger charge is -2.32. The second-order valence-corrected chi connectivity index (χ2v) is 8.14. The zero-order valence-corrected chi connectivity index (χ0v) is 13.8. The molecule has 0 amide bonds. The largest absolute Gasteiger partial charge is 0.477 e. The summed E-state index contributed by atoms with van der Waals surface area (Å²) in [6, 6.07) is 1.26. The van der Waals surface area contributed by atoms with Crippen LogP contribution in [0.25, 0.3) is 0 Å². The third-order valence-corrected chi connectivity index (χ3v) is 7.02. The molecule has 0 aromatic carbocycles. The van der Waals surface area contributed by atoms with E-state index in [1.54, 1.807) is 6.92 Å². The molecule has 1 fully saturated rings. The van der Waals surface area contributed by atoms with Crippen LogP contribution < -0.4 is 5.32 Å². The standard InChI is InChI=1S/C13H20N2O4S2/c1-3-15(10-4-6-14-7-5-10)21(18,19)12-8-11(13(16)17)20-9(12)2/h8,10,14H,3-7H2,1-2H3,(H,16,17). The summed E-state index contributed by atoms with van der Waals surface area (Å²) < 4.78 is 27.2. The van der Waals surface area contributed by atoms with Crippen molar-refractivity contribution >= 4 is 27.3 Å². The van der Waals surface area contributed by atoms with Crippen LogP contribution >= 0.6 is 11.3 Å². The monoisotopic (exact) mass is 332 g/mol. The van der Waals surface area contributed by atoms with E-state index in [1.165, 1.54) is 10.4 Å². The van der Waals surface area contributed by atoms with Gasteiger partial charge in [0.1, 0.15) is 4.88 Å². The second kappa shape index (κ2) is 6.43. The van der Waals surface area contributed by atoms with Gasteiger partial charge in [-0.1, -0.05) is 6.92 Å². The molecule has 0 unspecified atom stereocenters. The van der Waals surface area contributed by atoms with Crippen LogP contribution in [-0.2, 0) is 10.0 Å². The average Bonchev–Trinajstić information content (AvgIpc) is 2.83. The van der Waals surface area contributed by atoms with Gasteiger partial charge in [-0.2, -0.15) is 4.31 Å². The second-order valence-electron chi connectivity index (χ2n) is 5.03. The number of nitrogens with one attached hydrogen (secondary N) is 1. The van der Waals surface area contributed by atoms with Crippen molar-refractivity contribution in [3.63, 3.8) is 0 Å². The van der Waals surface area contributed by atoms with Gasteiger partial charge in [-0.3, -0.25) is 0 Å². The van der Waals surface area contributed by atoms with E-state index in [1.807, 2.05) is 6.92 Å². The molecule has 8 heteroatoms. The molecule has 6 nitrogen and oxygen atoms in total. The van der Waals surface area contributed by atoms with Crippen molar-refractivity contribution < 1.29 is 18.3 Å². The number of thiophene rings is 1. The molecule has 0 aliphatic carbocycles. The van der Waals surface area contributed by atoms with Crippen molar-refractivity contribution in [1.82, 2.24) is 9.62 Å². The van der Waals surface area contributed by atoms with Gasteiger partial charge in [-0.05, 0) is 38.9 Å². The van der Waals surface area contributed by atoms with Crippen LogP contribution in [0.1, 0.15) is 34.3 Å². The Morgan fingerprint density at radius 1 is 1.48 bits per heavy atom. The molecule has 2 N–H and O–H groups in total. The number of hydrogen-bond donors (Lipinski definition) is 2. The maximum Gasteiger partial charge on any atom is 0.345 e. The summed E-state index contributed by atoms with van der Waals surface area (Å²) in [5, 5.41) is 12.2. The number of hydrogen-bond acceptors (Lipinski definition) is 5. The first-order chi connectivity index (χ1) is 9.87. The van der Waals surface area contributed by atoms with Gasteiger partial charge in [-0.25, -0.2) is 13.2 Å². The summed E-state index contributed by atoms with van der Waals surface area (Å²) in [6.07, 6.45) is 1.56. The highest BCUT2D eigenvalue weighted by atomic mass is 32.2. The van der Waals surface area contributed by atoms with Crippen molar-refractivity contribution in [3.05, 3.63) is 15.8 Å². The van der Waals surface area contributed by atoms with Crippen LogP contribution in [0.4, 0.5) is 0 Å². The van der Waals surface area contributed by atoms with E-state index < -0.39 is 16.0 Å². The highest BCUT2D eigenvalue weighted by Gasteiger charge is 2.33. The number of rotatable bonds is 5. The maximum absolute atomic E-state index is 12.8. The predicted molar refractivity (Wildman–Crippen MR) is 81.5 cm³/mol. The molecule has 118 valence electrons. The molecule has 0 radical (unpaired) electrons. The number of carboxylic acids is 1. The SMILES string of the molecule is CCN(C1CCNCC1)S(=O)(=O)c1cc(C(=O)O)sc1C. The Morgan fingerprint density at radius 2 is 2.10 bits per heavy atom. The van der Waals surface area contributed by atoms with Crippen LogP contribution in [0.15, 0.2) is 11.0 Å². The Balaban J connectivity index is 2.36. The van der Waals surface area contributed by atoms with Crippen LogP contribution in [0.2, 0.25) is 0 Å². The quantitative estimate of drug-likeness (QED) is 0.854. The van der Waals surface area contributed by atoms with E-state index in [4.69, 9.17) is 5.11 Å². The first kappa shape index (κ1) is 16.4. The third-order valence-electron chi connectivity index (χ3n) is 3.70. The summed E-state index contributed by atoms with van der Waals surface area (Å²) in [6.45, 7) is 5.48. The summed E-state index contributed by atoms with van der Waals surface area (Å²) in [4.78, 5) is 11.7. The van der Waals surface area contributed by atoms with E-state index in [0.29, 0.717) is 11.4 Å². The normalized spacial score (nSPS) is 17.3. The lowest BCUT2D eigenvalue weighted by molar-refractivity contribution is 0.0702. The molecule has 1 aromatic rings. The van der Waals surface area contributed by atoms with Gasteiger partial charge in [0.15, 0.2) is 0 Å². The molecule has 1 aliphatic rings. The number of aryl methyl sites for hydroxylation is 1. The lowest BCUT2D eigenvalue weighted by atomic mass is 10.1. The van der Waals surface area contributed by atoms with Gasteiger partial charge in [0.2, 0.25) is 10.0 Å². The van der Waals surface area contributed by atoms with Gasteiger partial charge in [-0.15, -0.1) is 11.3 Å². The van der Waals surface area contributed by atoms with Crippen LogP contribution in [0, 0.1) is 6.92 Å². The van der Waals surface area contributed by atoms with Crippen LogP contribution in [-0.4, -0.2) is 49.5 Å². The Hall–Kier alpha value is -0.960. The van der Waals surface area contributed by atoms with E-state index in [-0.39, 0.29) is 15.8 Å². The molecule has 21 heavy (non-hydrogen) atoms. The van der Waals surface area contributed by atoms with E-state index in [9.17, 15) is 13.2 Å². The van der Waals surface area contributed by atoms with Gasteiger partial charge in [0.05, 0.1) is 4.90 Å². The van der Waals surface area contributed by atoms with E-state index >= 15 is 0 Å². The van der Waals surface area contributed by atoms with Gasteiger partial charge < -0.3 is 10.4 Å². The van der Waals surface area contributed by atoms with E-state index in [2.05, 4.69) is 5.32 Å². The van der Waals surface area contributed by atoms with Crippen molar-refractivity contribution in [2.45, 2.75) is 37.6 Å². The number of nitrogens with zero attached hydrogens (tertiary/aromatic N) is 1. The van der Waals surface area contributed by atoms with Crippen molar-refractivity contribution in [1.29, 1.82) is 0 Å². The zero-order chi connectivity index (χ0) is 15.6. The summed E-state index contributed by atoms with van der Waals surface area (Å²) >= 11 is 1.01. The Kier molecular flexibility index (Phi) is 5.03. The van der Waals surface area contributed by atoms with Gasteiger partial charge in [0, 0.05) is 17.5 Å². The molecule has 0 atom stereocenters. The molecule has 1 aliphatic heterocycles. The Labute approximate surface area is 128 Å². The number of aromatic carboxylic acids is 1. The smallest absolute Gasteiger partial charge is 0.345 e. The molecule has 0 spiro atoms. The number of sulfonamides is 1. The fraction of sp³-hybridized carbons (Fsp3) is 0.615. The molecular weight excluding hydrogens is 312 g/mol. The van der Waals surface area contributed by atoms with E-state index in [0.717, 1.165) is 37.3 Å². The van der Waals surface area contributed by atoms with Crippen molar-refractivity contribution in [2.75, 3.05) is 19.6 Å². The number of carbonyl (C=O) groups is 1. The minimum Gasteiger partial charge on any atom is -0.477 e. The van der Waals surface area contributed by atoms with Gasteiger partial charge in [0.25, 0.3) is 0 Å². The molecule has 2 heterocycles. The third kappa shape index (κ3) is 3.28. The average molecular weight is 332 g/mol. The molecule has 0 saturated carbocycles. The molecular formula is C13H20N2O4S2. The summed E-state index contributed by atoms with van der Waals surface area (Å²) in [7, 11) is -3.64. The molecule has 0 bridgehead atoms. The molecule has 1 aromatic heterocycles. The minimum absolute atomic E-state index is 0.0196. The first-order valence-corrected chi connectivity index (χ1v) is 9.20. The minimum atomic E-state index is -3.64. The number of carboxylic acid groups (broad SMARTS) is 1. The Morgan fingerprint density at radius 3 is 2.57 bits per heavy atom. The van der Waals surface area contributed by atoms with Crippen LogP contribution in [0.5, 0.6) is 0 Å². The lowest BCUT2D eigenvalue weighted by Crippen LogP contribution is -2.45. The highest BCUT2D eigenvalue weighted by Crippen LogP contribution is 2.30. The van der Waals surface area contributed by atoms with Gasteiger partial charge >= 0.3 is 5.97 Å². The number of piperidine rings is 1. The fourth-order valence-corrected chi connectivity index (χ4v) is 5.77. The fourth-order valence-electron chi connectivity index (χ4n) is 2.67. The molecule has 2 rings (SSSR count). The predicted octanol–water partition coefficient (Wildman–Crippen LogP) is 1.52. The molecule has 1 saturated heterocycles. The first-order valence-electron chi connectivity index (χ1n) is 6.94. The summed E-state index contributed by atoms with van der Waals surface area (Å²) in [5.74, 6) is -1.09. The van der Waals surface area contributed by atoms with Crippen molar-refractivity contribution in [2.24, 2.45) is 0 Å². The zero-order valence-electron chi connectivity index (χ0n) is 12.1. The summed E-state index contributed by atoms with van der Waals surface area (Å²) in [5.41, 5.74) is 0. The highest BCUT2D eigenvalue weighted by molar-refractivity contribution is 7.89.